The molecule has 0 saturated heterocycles. The molecule has 2 aromatic heterocycles. The predicted octanol–water partition coefficient (Wildman–Crippen LogP) is 5.05. The molecule has 11 heteroatoms. The Kier molecular flexibility index (Phi) is 8.71. The number of pyridine rings is 1. The minimum Gasteiger partial charge on any atom is -0.370 e. The summed E-state index contributed by atoms with van der Waals surface area (Å²) in [6, 6.07) is 19.9. The summed E-state index contributed by atoms with van der Waals surface area (Å²) in [4.78, 5) is 35.6. The Morgan fingerprint density at radius 2 is 1.78 bits per heavy atom. The number of carbonyl (C=O) groups excluding carboxylic acids is 1. The highest BCUT2D eigenvalue weighted by molar-refractivity contribution is 9.10. The Bertz CT molecular complexity index is 1370. The van der Waals surface area contributed by atoms with Gasteiger partial charge in [0.2, 0.25) is 5.95 Å². The zero-order valence-electron chi connectivity index (χ0n) is 19.7. The maximum absolute atomic E-state index is 12.5. The first-order valence-electron chi connectivity index (χ1n) is 11.5. The minimum atomic E-state index is -0.480. The van der Waals surface area contributed by atoms with Crippen LogP contribution < -0.4 is 16.0 Å². The molecule has 0 saturated carbocycles. The molecular weight excluding hydrogens is 538 g/mol. The number of carbonyl (C=O) groups is 1. The van der Waals surface area contributed by atoms with E-state index < -0.39 is 4.92 Å². The lowest BCUT2D eigenvalue weighted by molar-refractivity contribution is -0.385. The Labute approximate surface area is 221 Å². The van der Waals surface area contributed by atoms with Crippen molar-refractivity contribution in [3.63, 3.8) is 0 Å². The van der Waals surface area contributed by atoms with Gasteiger partial charge in [-0.2, -0.15) is 0 Å². The van der Waals surface area contributed by atoms with E-state index in [9.17, 15) is 14.9 Å². The van der Waals surface area contributed by atoms with Gasteiger partial charge in [0.1, 0.15) is 12.0 Å². The molecule has 0 radical (unpaired) electrons. The van der Waals surface area contributed by atoms with Crippen molar-refractivity contribution < 1.29 is 9.72 Å². The summed E-state index contributed by atoms with van der Waals surface area (Å²) in [6.07, 6.45) is 3.67. The summed E-state index contributed by atoms with van der Waals surface area (Å²) in [5.74, 6) is 0.935. The molecule has 0 aliphatic rings. The van der Waals surface area contributed by atoms with Crippen molar-refractivity contribution in [1.29, 1.82) is 0 Å². The number of nitrogens with zero attached hydrogens (tertiary/aromatic N) is 4. The number of amides is 1. The molecular formula is C26H24BrN7O3. The van der Waals surface area contributed by atoms with Crippen LogP contribution in [0.25, 0.3) is 11.3 Å². The molecule has 0 spiro atoms. The van der Waals surface area contributed by atoms with E-state index in [0.29, 0.717) is 37.0 Å². The Morgan fingerprint density at radius 3 is 2.51 bits per heavy atom. The first-order valence-corrected chi connectivity index (χ1v) is 12.3. The van der Waals surface area contributed by atoms with Crippen LogP contribution in [0.3, 0.4) is 0 Å². The van der Waals surface area contributed by atoms with Crippen molar-refractivity contribution >= 4 is 39.3 Å². The second kappa shape index (κ2) is 12.5. The molecule has 2 aromatic carbocycles. The topological polar surface area (TPSA) is 135 Å². The molecule has 2 heterocycles. The second-order valence-corrected chi connectivity index (χ2v) is 8.94. The number of hydrogen-bond acceptors (Lipinski definition) is 8. The van der Waals surface area contributed by atoms with Crippen molar-refractivity contribution in [1.82, 2.24) is 20.3 Å². The van der Waals surface area contributed by atoms with Gasteiger partial charge in [-0.05, 0) is 48.4 Å². The fraction of sp³-hybridized carbons (Fsp3) is 0.154. The third-order valence-electron chi connectivity index (χ3n) is 5.34. The van der Waals surface area contributed by atoms with E-state index in [4.69, 9.17) is 0 Å². The van der Waals surface area contributed by atoms with Gasteiger partial charge in [-0.25, -0.2) is 15.0 Å². The highest BCUT2D eigenvalue weighted by Crippen LogP contribution is 2.19. The van der Waals surface area contributed by atoms with Crippen molar-refractivity contribution in [2.75, 3.05) is 23.7 Å². The Balaban J connectivity index is 1.25. The van der Waals surface area contributed by atoms with Crippen LogP contribution in [-0.4, -0.2) is 38.9 Å². The summed E-state index contributed by atoms with van der Waals surface area (Å²) in [5, 5.41) is 19.9. The summed E-state index contributed by atoms with van der Waals surface area (Å²) in [5.41, 5.74) is 3.16. The number of halogens is 1. The zero-order valence-corrected chi connectivity index (χ0v) is 21.3. The summed E-state index contributed by atoms with van der Waals surface area (Å²) < 4.78 is 0.971. The maximum atomic E-state index is 12.5. The number of hydrogen-bond donors (Lipinski definition) is 3. The second-order valence-electron chi connectivity index (χ2n) is 8.02. The van der Waals surface area contributed by atoms with Crippen molar-refractivity contribution in [2.45, 2.75) is 13.0 Å². The third-order valence-corrected chi connectivity index (χ3v) is 5.84. The normalized spacial score (nSPS) is 10.5. The molecule has 3 N–H and O–H groups in total. The van der Waals surface area contributed by atoms with E-state index in [1.54, 1.807) is 24.4 Å². The fourth-order valence-corrected chi connectivity index (χ4v) is 3.88. The molecule has 10 nitrogen and oxygen atoms in total. The monoisotopic (exact) mass is 561 g/mol. The largest absolute Gasteiger partial charge is 0.370 e. The predicted molar refractivity (Wildman–Crippen MR) is 145 cm³/mol. The fourth-order valence-electron chi connectivity index (χ4n) is 3.43. The number of rotatable bonds is 11. The maximum Gasteiger partial charge on any atom is 0.287 e. The average Bonchev–Trinajstić information content (AvgIpc) is 2.92. The average molecular weight is 562 g/mol. The molecule has 0 bridgehead atoms. The van der Waals surface area contributed by atoms with Gasteiger partial charge in [0, 0.05) is 47.5 Å². The van der Waals surface area contributed by atoms with Gasteiger partial charge in [0.05, 0.1) is 10.6 Å². The van der Waals surface area contributed by atoms with Crippen LogP contribution in [0.2, 0.25) is 0 Å². The SMILES string of the molecule is O=C(NCc1cccc(Br)c1)c1ccc(-c2ccnc(NCCCNc3ccc([N+](=O)[O-])cn3)n2)cc1. The molecule has 1 amide bonds. The van der Waals surface area contributed by atoms with Crippen LogP contribution in [-0.2, 0) is 6.54 Å². The van der Waals surface area contributed by atoms with Gasteiger partial charge in [-0.15, -0.1) is 0 Å². The first kappa shape index (κ1) is 25.7. The van der Waals surface area contributed by atoms with Crippen molar-refractivity contribution in [3.05, 3.63) is 105 Å². The van der Waals surface area contributed by atoms with E-state index in [1.165, 1.54) is 12.3 Å². The van der Waals surface area contributed by atoms with Crippen LogP contribution >= 0.6 is 15.9 Å². The van der Waals surface area contributed by atoms with Crippen molar-refractivity contribution in [3.8, 4) is 11.3 Å². The molecule has 0 atom stereocenters. The lowest BCUT2D eigenvalue weighted by Gasteiger charge is -2.09. The van der Waals surface area contributed by atoms with E-state index >= 15 is 0 Å². The lowest BCUT2D eigenvalue weighted by Crippen LogP contribution is -2.22. The number of nitrogens with one attached hydrogen (secondary N) is 3. The molecule has 0 aliphatic heterocycles. The summed E-state index contributed by atoms with van der Waals surface area (Å²) in [7, 11) is 0. The first-order chi connectivity index (χ1) is 18.0. The van der Waals surface area contributed by atoms with Gasteiger partial charge in [-0.3, -0.25) is 14.9 Å². The summed E-state index contributed by atoms with van der Waals surface area (Å²) >= 11 is 3.43. The highest BCUT2D eigenvalue weighted by Gasteiger charge is 2.08. The third kappa shape index (κ3) is 7.55. The number of anilines is 2. The minimum absolute atomic E-state index is 0.0428. The van der Waals surface area contributed by atoms with E-state index in [0.717, 1.165) is 27.7 Å². The van der Waals surface area contributed by atoms with E-state index in [2.05, 4.69) is 46.8 Å². The molecule has 188 valence electrons. The Morgan fingerprint density at radius 1 is 0.973 bits per heavy atom. The number of nitro groups is 1. The van der Waals surface area contributed by atoms with Gasteiger partial charge in [0.15, 0.2) is 0 Å². The van der Waals surface area contributed by atoms with E-state index in [1.807, 2.05) is 42.5 Å². The standard InChI is InChI=1S/C26H24BrN7O3/c27-21-4-1-3-18(15-21)16-32-25(35)20-7-5-19(6-8-20)23-11-14-30-26(33-23)29-13-2-12-28-24-10-9-22(17-31-24)34(36)37/h1,3-11,14-15,17H,2,12-13,16H2,(H,28,31)(H,32,35)(H,29,30,33). The van der Waals surface area contributed by atoms with Gasteiger partial charge in [-0.1, -0.05) is 40.2 Å². The molecule has 4 rings (SSSR count). The smallest absolute Gasteiger partial charge is 0.287 e. The molecule has 0 aliphatic carbocycles. The van der Waals surface area contributed by atoms with Gasteiger partial charge < -0.3 is 16.0 Å². The van der Waals surface area contributed by atoms with Gasteiger partial charge in [0.25, 0.3) is 11.6 Å². The molecule has 0 unspecified atom stereocenters. The van der Waals surface area contributed by atoms with Crippen molar-refractivity contribution in [2.24, 2.45) is 0 Å². The zero-order chi connectivity index (χ0) is 26.0. The van der Waals surface area contributed by atoms with Crippen LogP contribution in [0, 0.1) is 10.1 Å². The quantitative estimate of drug-likeness (QED) is 0.131. The van der Waals surface area contributed by atoms with Gasteiger partial charge >= 0.3 is 0 Å². The number of benzene rings is 2. The number of aromatic nitrogens is 3. The van der Waals surface area contributed by atoms with Crippen LogP contribution in [0.15, 0.2) is 83.6 Å². The molecule has 4 aromatic rings. The molecule has 0 fully saturated rings. The van der Waals surface area contributed by atoms with Crippen LogP contribution in [0.4, 0.5) is 17.5 Å². The van der Waals surface area contributed by atoms with Crippen LogP contribution in [0.5, 0.6) is 0 Å². The molecule has 37 heavy (non-hydrogen) atoms. The highest BCUT2D eigenvalue weighted by atomic mass is 79.9. The Hall–Kier alpha value is -4.38. The van der Waals surface area contributed by atoms with E-state index in [-0.39, 0.29) is 11.6 Å². The lowest BCUT2D eigenvalue weighted by atomic mass is 10.1. The summed E-state index contributed by atoms with van der Waals surface area (Å²) in [6.45, 7) is 1.70. The van der Waals surface area contributed by atoms with Crippen LogP contribution in [0.1, 0.15) is 22.3 Å².